The van der Waals surface area contributed by atoms with Gasteiger partial charge in [-0.3, -0.25) is 0 Å². The zero-order valence-electron chi connectivity index (χ0n) is 35.9. The van der Waals surface area contributed by atoms with Crippen LogP contribution in [0.2, 0.25) is 0 Å². The van der Waals surface area contributed by atoms with E-state index < -0.39 is 10.8 Å². The Morgan fingerprint density at radius 3 is 1.18 bits per heavy atom. The molecular weight excluding hydrogens is 799 g/mol. The van der Waals surface area contributed by atoms with Gasteiger partial charge in [0.1, 0.15) is 0 Å². The molecule has 3 aliphatic rings. The van der Waals surface area contributed by atoms with Gasteiger partial charge in [0, 0.05) is 16.7 Å². The molecule has 14 rings (SSSR count). The van der Waals surface area contributed by atoms with Crippen molar-refractivity contribution in [2.24, 2.45) is 0 Å². The van der Waals surface area contributed by atoms with Gasteiger partial charge in [0.2, 0.25) is 0 Å². The molecule has 1 heterocycles. The lowest BCUT2D eigenvalue weighted by Crippen LogP contribution is -2.43. The quantitative estimate of drug-likeness (QED) is 0.177. The SMILES string of the molecule is c1ccc(-c2nc(-c3ccc(-c4ccc5c(c4)C4(c6ccccc6-c6ccccc64)c4ccccc4C54c5ccccc5-c5ccccc54)cc3)nc(-c3cccc4ccccc34)n2)cc1. The van der Waals surface area contributed by atoms with Gasteiger partial charge in [0.15, 0.2) is 17.5 Å². The van der Waals surface area contributed by atoms with E-state index in [2.05, 4.69) is 218 Å². The fourth-order valence-electron chi connectivity index (χ4n) is 12.0. The van der Waals surface area contributed by atoms with Crippen LogP contribution in [-0.2, 0) is 10.8 Å². The summed E-state index contributed by atoms with van der Waals surface area (Å²) in [7, 11) is 0. The third kappa shape index (κ3) is 4.94. The van der Waals surface area contributed by atoms with Crippen LogP contribution in [0.4, 0.5) is 0 Å². The largest absolute Gasteiger partial charge is 0.208 e. The lowest BCUT2D eigenvalue weighted by atomic mass is 9.52. The van der Waals surface area contributed by atoms with Crippen LogP contribution in [0.3, 0.4) is 0 Å². The van der Waals surface area contributed by atoms with Crippen LogP contribution in [0.15, 0.2) is 237 Å². The second-order valence-corrected chi connectivity index (χ2v) is 17.8. The highest BCUT2D eigenvalue weighted by Gasteiger charge is 2.58. The number of aromatic nitrogens is 3. The summed E-state index contributed by atoms with van der Waals surface area (Å²) in [5.41, 5.74) is 19.9. The standard InChI is InChI=1S/C63H39N3/c1-2-18-42(19-3-1)59-64-60(66-61(65-59)50-26-16-20-41-17-4-5-21-45(41)50)43-35-33-40(34-36-43)44-37-38-57-58(39-44)63(53-29-12-8-24-48(53)49-25-9-13-30-54(49)63)56-32-15-14-31-55(56)62(57)51-27-10-6-22-46(51)47-23-7-11-28-52(47)62/h1-39H. The van der Waals surface area contributed by atoms with Crippen LogP contribution in [0, 0.1) is 0 Å². The van der Waals surface area contributed by atoms with Gasteiger partial charge in [-0.25, -0.2) is 15.0 Å². The van der Waals surface area contributed by atoms with E-state index in [4.69, 9.17) is 15.0 Å². The highest BCUT2D eigenvalue weighted by atomic mass is 15.0. The van der Waals surface area contributed by atoms with E-state index in [-0.39, 0.29) is 0 Å². The van der Waals surface area contributed by atoms with Crippen molar-refractivity contribution >= 4 is 10.8 Å². The molecule has 0 fully saturated rings. The average Bonchev–Trinajstić information content (AvgIpc) is 3.86. The molecule has 3 aliphatic carbocycles. The minimum atomic E-state index is -0.552. The smallest absolute Gasteiger partial charge is 0.164 e. The fourth-order valence-corrected chi connectivity index (χ4v) is 12.0. The maximum atomic E-state index is 5.18. The molecule has 0 saturated carbocycles. The van der Waals surface area contributed by atoms with E-state index in [0.717, 1.165) is 38.6 Å². The summed E-state index contributed by atoms with van der Waals surface area (Å²) in [5.74, 6) is 1.94. The summed E-state index contributed by atoms with van der Waals surface area (Å²) < 4.78 is 0. The molecular formula is C63H39N3. The summed E-state index contributed by atoms with van der Waals surface area (Å²) in [6, 6.07) is 86.7. The summed E-state index contributed by atoms with van der Waals surface area (Å²) in [6.45, 7) is 0. The lowest BCUT2D eigenvalue weighted by Gasteiger charge is -2.49. The highest BCUT2D eigenvalue weighted by Crippen LogP contribution is 2.67. The first kappa shape index (κ1) is 36.9. The second-order valence-electron chi connectivity index (χ2n) is 17.8. The first-order valence-electron chi connectivity index (χ1n) is 22.8. The molecule has 0 radical (unpaired) electrons. The number of hydrogen-bond donors (Lipinski definition) is 0. The molecule has 3 heteroatoms. The minimum absolute atomic E-state index is 0.518. The van der Waals surface area contributed by atoms with Crippen LogP contribution >= 0.6 is 0 Å². The van der Waals surface area contributed by atoms with E-state index in [1.165, 1.54) is 66.8 Å². The Balaban J connectivity index is 0.990. The third-order valence-electron chi connectivity index (χ3n) is 14.6. The molecule has 0 N–H and O–H groups in total. The van der Waals surface area contributed by atoms with Crippen LogP contribution in [0.5, 0.6) is 0 Å². The van der Waals surface area contributed by atoms with Crippen molar-refractivity contribution < 1.29 is 0 Å². The monoisotopic (exact) mass is 837 g/mol. The molecule has 66 heavy (non-hydrogen) atoms. The Hall–Kier alpha value is -8.53. The second kappa shape index (κ2) is 14.0. The summed E-state index contributed by atoms with van der Waals surface area (Å²) in [5, 5.41) is 2.26. The minimum Gasteiger partial charge on any atom is -0.208 e. The van der Waals surface area contributed by atoms with Gasteiger partial charge in [0.05, 0.1) is 10.8 Å². The van der Waals surface area contributed by atoms with Crippen molar-refractivity contribution in [3.8, 4) is 67.5 Å². The van der Waals surface area contributed by atoms with Gasteiger partial charge in [-0.15, -0.1) is 0 Å². The van der Waals surface area contributed by atoms with Crippen molar-refractivity contribution in [2.75, 3.05) is 0 Å². The summed E-state index contributed by atoms with van der Waals surface area (Å²) in [6.07, 6.45) is 0. The van der Waals surface area contributed by atoms with E-state index in [9.17, 15) is 0 Å². The Labute approximate surface area is 383 Å². The number of rotatable bonds is 4. The van der Waals surface area contributed by atoms with Gasteiger partial charge in [0.25, 0.3) is 0 Å². The van der Waals surface area contributed by atoms with Crippen molar-refractivity contribution in [2.45, 2.75) is 10.8 Å². The topological polar surface area (TPSA) is 38.7 Å². The molecule has 306 valence electrons. The van der Waals surface area contributed by atoms with Crippen LogP contribution in [-0.4, -0.2) is 15.0 Å². The summed E-state index contributed by atoms with van der Waals surface area (Å²) in [4.78, 5) is 15.4. The van der Waals surface area contributed by atoms with E-state index in [1.54, 1.807) is 0 Å². The molecule has 0 atom stereocenters. The zero-order chi connectivity index (χ0) is 43.4. The van der Waals surface area contributed by atoms with Crippen molar-refractivity contribution in [1.29, 1.82) is 0 Å². The number of fused-ring (bicyclic) bond motifs is 17. The molecule has 10 aromatic carbocycles. The summed E-state index contributed by atoms with van der Waals surface area (Å²) >= 11 is 0. The van der Waals surface area contributed by atoms with Gasteiger partial charge >= 0.3 is 0 Å². The molecule has 1 aromatic heterocycles. The predicted octanol–water partition coefficient (Wildman–Crippen LogP) is 14.7. The first-order valence-corrected chi connectivity index (χ1v) is 22.8. The molecule has 0 amide bonds. The number of benzene rings is 10. The lowest BCUT2D eigenvalue weighted by molar-refractivity contribution is 0.633. The van der Waals surface area contributed by atoms with Crippen molar-refractivity contribution in [3.63, 3.8) is 0 Å². The van der Waals surface area contributed by atoms with Gasteiger partial charge in [-0.2, -0.15) is 0 Å². The number of nitrogens with zero attached hydrogens (tertiary/aromatic N) is 3. The van der Waals surface area contributed by atoms with Crippen LogP contribution in [0.1, 0.15) is 44.5 Å². The maximum Gasteiger partial charge on any atom is 0.164 e. The zero-order valence-corrected chi connectivity index (χ0v) is 35.9. The molecule has 3 nitrogen and oxygen atoms in total. The van der Waals surface area contributed by atoms with E-state index in [0.29, 0.717) is 17.5 Å². The molecule has 0 bridgehead atoms. The molecule has 0 saturated heterocycles. The molecule has 0 aliphatic heterocycles. The van der Waals surface area contributed by atoms with Gasteiger partial charge in [-0.05, 0) is 94.7 Å². The van der Waals surface area contributed by atoms with Crippen molar-refractivity contribution in [3.05, 3.63) is 281 Å². The van der Waals surface area contributed by atoms with E-state index in [1.807, 2.05) is 18.2 Å². The van der Waals surface area contributed by atoms with Crippen molar-refractivity contribution in [1.82, 2.24) is 15.0 Å². The highest BCUT2D eigenvalue weighted by molar-refractivity contribution is 5.96. The van der Waals surface area contributed by atoms with Crippen LogP contribution in [0.25, 0.3) is 78.3 Å². The molecule has 0 unspecified atom stereocenters. The molecule has 11 aromatic rings. The van der Waals surface area contributed by atoms with Gasteiger partial charge in [-0.1, -0.05) is 231 Å². The average molecular weight is 838 g/mol. The third-order valence-corrected chi connectivity index (χ3v) is 14.6. The number of hydrogen-bond acceptors (Lipinski definition) is 3. The normalized spacial score (nSPS) is 14.0. The molecule has 2 spiro atoms. The van der Waals surface area contributed by atoms with Gasteiger partial charge < -0.3 is 0 Å². The Bertz CT molecular complexity index is 3680. The Morgan fingerprint density at radius 2 is 0.606 bits per heavy atom. The van der Waals surface area contributed by atoms with Crippen LogP contribution < -0.4 is 0 Å². The Kier molecular flexibility index (Phi) is 7.82. The maximum absolute atomic E-state index is 5.18. The van der Waals surface area contributed by atoms with E-state index >= 15 is 0 Å². The first-order chi connectivity index (χ1) is 32.7. The Morgan fingerprint density at radius 1 is 0.227 bits per heavy atom. The fraction of sp³-hybridized carbons (Fsp3) is 0.0317. The predicted molar refractivity (Wildman–Crippen MR) is 267 cm³/mol.